The molecule has 0 spiro atoms. The van der Waals surface area contributed by atoms with Gasteiger partial charge in [0.15, 0.2) is 0 Å². The molecule has 0 aliphatic heterocycles. The van der Waals surface area contributed by atoms with Crippen molar-refractivity contribution in [3.05, 3.63) is 0 Å². The first-order chi connectivity index (χ1) is 7.12. The van der Waals surface area contributed by atoms with Gasteiger partial charge in [0.05, 0.1) is 0 Å². The van der Waals surface area contributed by atoms with E-state index in [0.717, 1.165) is 0 Å². The number of phosphoric acid groups is 4. The summed E-state index contributed by atoms with van der Waals surface area (Å²) in [6, 6.07) is 0. The van der Waals surface area contributed by atoms with Crippen LogP contribution in [-0.4, -0.2) is 9.79 Å². The standard InChI is InChI=1S/H6O13P4/c1-14(2,3)11-16(7,8)13-17(9,10)12-15(4,5)6/h(H,7,8)(H,9,10)(H2,1,2,3)(H2,4,5,6)/p-4. The van der Waals surface area contributed by atoms with Crippen molar-refractivity contribution in [2.24, 2.45) is 0 Å². The molecule has 0 aromatic rings. The molecule has 4 unspecified atom stereocenters. The topological polar surface area (TPSA) is 229 Å². The van der Waals surface area contributed by atoms with E-state index in [2.05, 4.69) is 12.9 Å². The van der Waals surface area contributed by atoms with Gasteiger partial charge in [0.1, 0.15) is 0 Å². The summed E-state index contributed by atoms with van der Waals surface area (Å²) in [6.07, 6.45) is 0. The molecule has 0 saturated heterocycles. The van der Waals surface area contributed by atoms with Crippen molar-refractivity contribution in [1.82, 2.24) is 0 Å². The maximum atomic E-state index is 10.5. The largest absolute Gasteiger partial charge is 0.756 e. The lowest BCUT2D eigenvalue weighted by Crippen LogP contribution is -2.16. The summed E-state index contributed by atoms with van der Waals surface area (Å²) < 4.78 is 49.2. The van der Waals surface area contributed by atoms with Crippen molar-refractivity contribution in [1.29, 1.82) is 0 Å². The molecule has 17 heavy (non-hydrogen) atoms. The van der Waals surface area contributed by atoms with Crippen LogP contribution in [0.5, 0.6) is 0 Å². The van der Waals surface area contributed by atoms with E-state index >= 15 is 0 Å². The first-order valence-electron chi connectivity index (χ1n) is 2.96. The van der Waals surface area contributed by atoms with E-state index in [9.17, 15) is 37.8 Å². The van der Waals surface area contributed by atoms with Crippen LogP contribution in [-0.2, 0) is 31.2 Å². The zero-order valence-electron chi connectivity index (χ0n) is 7.17. The molecule has 0 aliphatic carbocycles. The summed E-state index contributed by atoms with van der Waals surface area (Å²) in [5.41, 5.74) is 0. The summed E-state index contributed by atoms with van der Waals surface area (Å²) in [4.78, 5) is 56.6. The zero-order valence-corrected chi connectivity index (χ0v) is 10.8. The molecule has 0 rings (SSSR count). The molecule has 4 atom stereocenters. The Hall–Kier alpha value is 0.560. The molecule has 0 saturated carbocycles. The molecular formula is H2O13P4-4. The van der Waals surface area contributed by atoms with Gasteiger partial charge in [0, 0.05) is 0 Å². The van der Waals surface area contributed by atoms with Crippen molar-refractivity contribution in [3.63, 3.8) is 0 Å². The average Bonchev–Trinajstić information content (AvgIpc) is 1.65. The highest BCUT2D eigenvalue weighted by Gasteiger charge is 2.26. The fourth-order valence-electron chi connectivity index (χ4n) is 0.405. The number of rotatable bonds is 6. The highest BCUT2D eigenvalue weighted by atomic mass is 31.3. The van der Waals surface area contributed by atoms with E-state index in [-0.39, 0.29) is 0 Å². The van der Waals surface area contributed by atoms with Crippen LogP contribution in [0.1, 0.15) is 0 Å². The Morgan fingerprint density at radius 2 is 0.882 bits per heavy atom. The summed E-state index contributed by atoms with van der Waals surface area (Å²) in [5.74, 6) is 0. The second-order valence-corrected chi connectivity index (χ2v) is 7.70. The van der Waals surface area contributed by atoms with Gasteiger partial charge in [0.2, 0.25) is 0 Å². The van der Waals surface area contributed by atoms with Crippen LogP contribution in [0.3, 0.4) is 0 Å². The van der Waals surface area contributed by atoms with Gasteiger partial charge >= 0.3 is 0 Å². The Bertz CT molecular complexity index is 402. The summed E-state index contributed by atoms with van der Waals surface area (Å²) >= 11 is 0. The Morgan fingerprint density at radius 3 is 1.06 bits per heavy atom. The quantitative estimate of drug-likeness (QED) is 0.459. The molecule has 17 heteroatoms. The Balaban J connectivity index is 4.84. The van der Waals surface area contributed by atoms with Crippen molar-refractivity contribution < 1.29 is 60.6 Å². The predicted octanol–water partition coefficient (Wildman–Crippen LogP) is -3.11. The normalized spacial score (nSPS) is 26.2. The van der Waals surface area contributed by atoms with Crippen LogP contribution in [0.4, 0.5) is 0 Å². The van der Waals surface area contributed by atoms with E-state index in [1.165, 1.54) is 0 Å². The molecule has 0 amide bonds. The van der Waals surface area contributed by atoms with Gasteiger partial charge in [-0.25, -0.2) is 12.9 Å². The predicted molar refractivity (Wildman–Crippen MR) is 38.1 cm³/mol. The van der Waals surface area contributed by atoms with Crippen LogP contribution in [0.2, 0.25) is 0 Å². The summed E-state index contributed by atoms with van der Waals surface area (Å²) in [6.45, 7) is 0. The maximum Gasteiger partial charge on any atom is 0.280 e. The molecule has 0 aromatic heterocycles. The fraction of sp³-hybridized carbons (Fsp3) is 0. The molecule has 0 aromatic carbocycles. The van der Waals surface area contributed by atoms with E-state index in [1.807, 2.05) is 0 Å². The van der Waals surface area contributed by atoms with E-state index in [4.69, 9.17) is 9.79 Å². The van der Waals surface area contributed by atoms with Gasteiger partial charge in [-0.3, -0.25) is 18.3 Å². The van der Waals surface area contributed by atoms with Crippen molar-refractivity contribution in [3.8, 4) is 0 Å². The van der Waals surface area contributed by atoms with Gasteiger partial charge in [-0.05, 0) is 0 Å². The van der Waals surface area contributed by atoms with Gasteiger partial charge in [0.25, 0.3) is 31.3 Å². The van der Waals surface area contributed by atoms with Gasteiger partial charge in [-0.2, -0.15) is 0 Å². The minimum absolute atomic E-state index is 2.78. The minimum Gasteiger partial charge on any atom is -0.756 e. The van der Waals surface area contributed by atoms with Gasteiger partial charge < -0.3 is 29.4 Å². The van der Waals surface area contributed by atoms with E-state index in [1.54, 1.807) is 0 Å². The van der Waals surface area contributed by atoms with E-state index < -0.39 is 31.3 Å². The third-order valence-electron chi connectivity index (χ3n) is 0.606. The minimum atomic E-state index is -6.17. The highest BCUT2D eigenvalue weighted by molar-refractivity contribution is 7.68. The first-order valence-corrected chi connectivity index (χ1v) is 8.87. The fourth-order valence-corrected chi connectivity index (χ4v) is 4.18. The molecule has 13 nitrogen and oxygen atoms in total. The maximum absolute atomic E-state index is 10.5. The first kappa shape index (κ1) is 17.6. The lowest BCUT2D eigenvalue weighted by atomic mass is 15.7. The lowest BCUT2D eigenvalue weighted by molar-refractivity contribution is -0.251. The monoisotopic (exact) mass is 334 g/mol. The molecule has 0 bridgehead atoms. The van der Waals surface area contributed by atoms with E-state index in [0.29, 0.717) is 0 Å². The van der Waals surface area contributed by atoms with Crippen LogP contribution in [0.25, 0.3) is 0 Å². The lowest BCUT2D eigenvalue weighted by Gasteiger charge is -2.33. The molecule has 0 aliphatic rings. The van der Waals surface area contributed by atoms with Crippen molar-refractivity contribution >= 4 is 31.3 Å². The van der Waals surface area contributed by atoms with Crippen molar-refractivity contribution in [2.75, 3.05) is 0 Å². The van der Waals surface area contributed by atoms with Crippen LogP contribution in [0.15, 0.2) is 0 Å². The molecular weight excluding hydrogens is 332 g/mol. The number of hydrogen-bond acceptors (Lipinski definition) is 11. The van der Waals surface area contributed by atoms with Gasteiger partial charge in [-0.1, -0.05) is 0 Å². The second-order valence-electron chi connectivity index (χ2n) is 2.08. The molecule has 0 radical (unpaired) electrons. The SMILES string of the molecule is O=P([O-])(O)OP(=O)([O-])OP(=O)([O-])OP(=O)([O-])O. The molecule has 2 N–H and O–H groups in total. The number of hydrogen-bond donors (Lipinski definition) is 2. The molecule has 0 fully saturated rings. The third-order valence-corrected chi connectivity index (χ3v) is 5.46. The smallest absolute Gasteiger partial charge is 0.280 e. The second kappa shape index (κ2) is 5.28. The molecule has 0 heterocycles. The van der Waals surface area contributed by atoms with Crippen LogP contribution >= 0.6 is 31.3 Å². The van der Waals surface area contributed by atoms with Crippen LogP contribution < -0.4 is 19.6 Å². The Kier molecular flexibility index (Phi) is 5.45. The average molecular weight is 334 g/mol. The van der Waals surface area contributed by atoms with Gasteiger partial charge in [-0.15, -0.1) is 0 Å². The van der Waals surface area contributed by atoms with Crippen molar-refractivity contribution in [2.45, 2.75) is 0 Å². The third kappa shape index (κ3) is 10.2. The molecule has 104 valence electrons. The van der Waals surface area contributed by atoms with Crippen LogP contribution in [0, 0.1) is 0 Å². The summed E-state index contributed by atoms with van der Waals surface area (Å²) in [7, 11) is -24.1. The Morgan fingerprint density at radius 1 is 0.647 bits per heavy atom. The zero-order chi connectivity index (χ0) is 14.1. The summed E-state index contributed by atoms with van der Waals surface area (Å²) in [5, 5.41) is 0. The highest BCUT2D eigenvalue weighted by Crippen LogP contribution is 2.64. The Labute approximate surface area is 92.7 Å².